The molecule has 0 saturated carbocycles. The zero-order valence-corrected chi connectivity index (χ0v) is 53.0. The number of para-hydroxylation sites is 1. The van der Waals surface area contributed by atoms with E-state index in [-0.39, 0.29) is 0 Å². The van der Waals surface area contributed by atoms with Gasteiger partial charge in [0.05, 0.1) is 63.9 Å². The molecule has 89 heavy (non-hydrogen) atoms. The van der Waals surface area contributed by atoms with Gasteiger partial charge in [-0.15, -0.1) is 11.3 Å². The van der Waals surface area contributed by atoms with Crippen LogP contribution in [-0.4, -0.2) is 112 Å². The molecule has 0 N–H and O–H groups in total. The molecule has 11 heteroatoms. The summed E-state index contributed by atoms with van der Waals surface area (Å²) >= 11 is 1.85. The van der Waals surface area contributed by atoms with E-state index in [0.29, 0.717) is 79.3 Å². The summed E-state index contributed by atoms with van der Waals surface area (Å²) in [7, 11) is 6.90. The van der Waals surface area contributed by atoms with E-state index in [1.165, 1.54) is 97.6 Å². The molecular formula is C78H80N2O8S. The van der Waals surface area contributed by atoms with Crippen molar-refractivity contribution in [3.05, 3.63) is 215 Å². The summed E-state index contributed by atoms with van der Waals surface area (Å²) in [6.07, 6.45) is 3.09. The van der Waals surface area contributed by atoms with Crippen LogP contribution in [0.5, 0.6) is 0 Å². The Labute approximate surface area is 527 Å². The highest BCUT2D eigenvalue weighted by molar-refractivity contribution is 7.25. The first-order valence-corrected chi connectivity index (χ1v) is 32.2. The molecule has 456 valence electrons. The fraction of sp³-hybridized carbons (Fsp3) is 0.308. The topological polar surface area (TPSA) is 82.0 Å². The van der Waals surface area contributed by atoms with Crippen molar-refractivity contribution in [1.82, 2.24) is 4.57 Å². The number of benzene rings is 9. The molecule has 0 radical (unpaired) electrons. The lowest BCUT2D eigenvalue weighted by molar-refractivity contribution is 0.0490. The van der Waals surface area contributed by atoms with Crippen LogP contribution >= 0.6 is 11.3 Å². The number of hydrogen-bond acceptors (Lipinski definition) is 10. The predicted octanol–water partition coefficient (Wildman–Crippen LogP) is 17.7. The molecule has 10 nitrogen and oxygen atoms in total. The number of rotatable bonds is 29. The zero-order chi connectivity index (χ0) is 60.9. The van der Waals surface area contributed by atoms with Crippen LogP contribution in [0.1, 0.15) is 59.1 Å². The van der Waals surface area contributed by atoms with Crippen molar-refractivity contribution in [2.75, 3.05) is 113 Å². The first-order valence-electron chi connectivity index (χ1n) is 31.4. The quantitative estimate of drug-likeness (QED) is 0.0426. The molecule has 2 aliphatic carbocycles. The molecule has 0 aliphatic heterocycles. The van der Waals surface area contributed by atoms with Crippen LogP contribution in [0.3, 0.4) is 0 Å². The van der Waals surface area contributed by atoms with Crippen molar-refractivity contribution in [3.63, 3.8) is 0 Å². The Morgan fingerprint density at radius 1 is 0.348 bits per heavy atom. The fourth-order valence-electron chi connectivity index (χ4n) is 14.3. The van der Waals surface area contributed by atoms with Crippen molar-refractivity contribution in [2.45, 2.75) is 50.4 Å². The van der Waals surface area contributed by atoms with Crippen molar-refractivity contribution in [2.24, 2.45) is 0 Å². The van der Waals surface area contributed by atoms with Gasteiger partial charge in [-0.1, -0.05) is 114 Å². The maximum Gasteiger partial charge on any atom is 0.0700 e. The number of anilines is 3. The van der Waals surface area contributed by atoms with Gasteiger partial charge in [-0.25, -0.2) is 0 Å². The van der Waals surface area contributed by atoms with Crippen LogP contribution in [-0.2, 0) is 48.7 Å². The summed E-state index contributed by atoms with van der Waals surface area (Å²) in [5, 5.41) is 5.03. The molecule has 13 rings (SSSR count). The van der Waals surface area contributed by atoms with Gasteiger partial charge in [0.1, 0.15) is 0 Å². The van der Waals surface area contributed by atoms with E-state index in [2.05, 4.69) is 205 Å². The Morgan fingerprint density at radius 2 is 0.787 bits per heavy atom. The number of aromatic nitrogens is 1. The molecule has 0 unspecified atom stereocenters. The van der Waals surface area contributed by atoms with Crippen molar-refractivity contribution < 1.29 is 37.9 Å². The molecule has 2 aromatic heterocycles. The lowest BCUT2D eigenvalue weighted by Gasteiger charge is -2.35. The summed E-state index contributed by atoms with van der Waals surface area (Å²) in [6, 6.07) is 68.9. The highest BCUT2D eigenvalue weighted by Gasteiger charge is 2.45. The number of hydrogen-bond donors (Lipinski definition) is 0. The van der Waals surface area contributed by atoms with Gasteiger partial charge in [0.15, 0.2) is 0 Å². The van der Waals surface area contributed by atoms with Gasteiger partial charge in [-0.05, 0) is 174 Å². The van der Waals surface area contributed by atoms with E-state index in [1.807, 2.05) is 11.3 Å². The predicted molar refractivity (Wildman–Crippen MR) is 365 cm³/mol. The SMILES string of the molecule is COCCOCCC1(CCOCCOC)c2cc(C)ccc2-c2ccc(N(c3ccc(-c4ccc5c(c4)c4ccccc4n5-c4ccc5sc6ccccc6c5c4)cc3)c3ccc4c(c3)C(CCOCCOC)(CCOCCOC)c3cc(C)ccc3-4)cc21. The molecule has 0 spiro atoms. The van der Waals surface area contributed by atoms with Crippen LogP contribution in [0.2, 0.25) is 0 Å². The molecular weight excluding hydrogens is 1120 g/mol. The standard InChI is InChI=1S/C78H80N2O8S/c1-53-15-25-61-63-27-22-59(51-71(63)77(69(61)47-53,31-35-85-43-39-81-3)32-36-86-44-40-82-4)79(60-23-28-64-62-26-16-54(2)48-70(62)78(72(64)52-60,33-37-87-45-41-83-5)34-38-88-46-42-84-6)57-20-17-55(18-21-57)56-19-29-74-67(49-56)65-11-7-9-13-73(65)80(74)58-24-30-76-68(50-58)66-12-8-10-14-75(66)89-76/h7-30,47-52H,31-46H2,1-6H3. The molecule has 0 saturated heterocycles. The van der Waals surface area contributed by atoms with E-state index >= 15 is 0 Å². The first kappa shape index (κ1) is 60.4. The van der Waals surface area contributed by atoms with Gasteiger partial charge in [0.25, 0.3) is 0 Å². The number of thiophene rings is 1. The maximum absolute atomic E-state index is 6.38. The van der Waals surface area contributed by atoms with Gasteiger partial charge in [0.2, 0.25) is 0 Å². The average molecular weight is 1210 g/mol. The third-order valence-electron chi connectivity index (χ3n) is 18.7. The summed E-state index contributed by atoms with van der Waals surface area (Å²) in [5.74, 6) is 0. The third-order valence-corrected chi connectivity index (χ3v) is 19.8. The second-order valence-electron chi connectivity index (χ2n) is 23.9. The lowest BCUT2D eigenvalue weighted by atomic mass is 9.72. The minimum atomic E-state index is -0.409. The van der Waals surface area contributed by atoms with Crippen LogP contribution < -0.4 is 4.90 Å². The molecule has 2 aliphatic rings. The van der Waals surface area contributed by atoms with E-state index in [4.69, 9.17) is 37.9 Å². The van der Waals surface area contributed by atoms with Gasteiger partial charge in [-0.2, -0.15) is 0 Å². The van der Waals surface area contributed by atoms with E-state index < -0.39 is 10.8 Å². The Kier molecular flexibility index (Phi) is 18.3. The normalized spacial score (nSPS) is 13.6. The zero-order valence-electron chi connectivity index (χ0n) is 52.2. The number of methoxy groups -OCH3 is 4. The summed E-state index contributed by atoms with van der Waals surface area (Å²) in [5.41, 5.74) is 20.8. The molecule has 0 amide bonds. The van der Waals surface area contributed by atoms with Gasteiger partial charge >= 0.3 is 0 Å². The Morgan fingerprint density at radius 3 is 1.31 bits per heavy atom. The Bertz CT molecular complexity index is 4130. The highest BCUT2D eigenvalue weighted by Crippen LogP contribution is 2.57. The first-order chi connectivity index (χ1) is 43.8. The fourth-order valence-corrected chi connectivity index (χ4v) is 15.4. The molecule has 11 aromatic rings. The Balaban J connectivity index is 0.949. The maximum atomic E-state index is 6.38. The van der Waals surface area contributed by atoms with Crippen LogP contribution in [0.15, 0.2) is 182 Å². The molecule has 2 heterocycles. The molecule has 0 bridgehead atoms. The van der Waals surface area contributed by atoms with E-state index in [9.17, 15) is 0 Å². The minimum absolute atomic E-state index is 0.409. The van der Waals surface area contributed by atoms with Crippen molar-refractivity contribution in [3.8, 4) is 39.1 Å². The van der Waals surface area contributed by atoms with Crippen LogP contribution in [0.25, 0.3) is 81.0 Å². The van der Waals surface area contributed by atoms with Gasteiger partial charge < -0.3 is 47.4 Å². The third kappa shape index (κ3) is 11.6. The Hall–Kier alpha value is -7.52. The highest BCUT2D eigenvalue weighted by atomic mass is 32.1. The van der Waals surface area contributed by atoms with Gasteiger partial charge in [0, 0.05) is 119 Å². The molecule has 9 aromatic carbocycles. The van der Waals surface area contributed by atoms with Gasteiger partial charge in [-0.3, -0.25) is 0 Å². The van der Waals surface area contributed by atoms with Crippen molar-refractivity contribution in [1.29, 1.82) is 0 Å². The second kappa shape index (κ2) is 26.9. The smallest absolute Gasteiger partial charge is 0.0700 e. The lowest BCUT2D eigenvalue weighted by Crippen LogP contribution is -2.30. The summed E-state index contributed by atoms with van der Waals surface area (Å²) in [6.45, 7) is 10.9. The number of fused-ring (bicyclic) bond motifs is 12. The summed E-state index contributed by atoms with van der Waals surface area (Å²) in [4.78, 5) is 2.47. The average Bonchev–Trinajstić information content (AvgIpc) is 1.65. The molecule has 0 fully saturated rings. The van der Waals surface area contributed by atoms with Crippen molar-refractivity contribution >= 4 is 70.4 Å². The molecule has 0 atom stereocenters. The number of ether oxygens (including phenoxy) is 8. The van der Waals surface area contributed by atoms with Crippen LogP contribution in [0.4, 0.5) is 17.1 Å². The second-order valence-corrected chi connectivity index (χ2v) is 25.0. The van der Waals surface area contributed by atoms with E-state index in [0.717, 1.165) is 59.6 Å². The number of nitrogens with zero attached hydrogens (tertiary/aromatic N) is 2. The largest absolute Gasteiger partial charge is 0.382 e. The number of aryl methyl sites for hydroxylation is 2. The monoisotopic (exact) mass is 1200 g/mol. The van der Waals surface area contributed by atoms with Crippen LogP contribution in [0, 0.1) is 13.8 Å². The van der Waals surface area contributed by atoms with E-state index in [1.54, 1.807) is 28.4 Å². The summed E-state index contributed by atoms with van der Waals surface area (Å²) < 4.78 is 52.3. The minimum Gasteiger partial charge on any atom is -0.382 e.